The summed E-state index contributed by atoms with van der Waals surface area (Å²) in [6.07, 6.45) is 8.54. The first-order chi connectivity index (χ1) is 20.5. The topological polar surface area (TPSA) is 61.6 Å². The van der Waals surface area contributed by atoms with E-state index in [1.807, 2.05) is 12.1 Å². The van der Waals surface area contributed by atoms with E-state index >= 15 is 0 Å². The van der Waals surface area contributed by atoms with E-state index in [9.17, 15) is 9.90 Å². The molecule has 1 N–H and O–H groups in total. The molecular weight excluding hydrogens is 520 g/mol. The monoisotopic (exact) mass is 562 g/mol. The molecule has 3 aliphatic heterocycles. The summed E-state index contributed by atoms with van der Waals surface area (Å²) in [6, 6.07) is 28.5. The van der Waals surface area contributed by atoms with Crippen molar-refractivity contribution in [2.75, 3.05) is 19.6 Å². The molecule has 3 fully saturated rings. The van der Waals surface area contributed by atoms with E-state index in [1.165, 1.54) is 36.8 Å². The maximum atomic E-state index is 13.2. The number of aryl methyl sites for hydroxylation is 1. The summed E-state index contributed by atoms with van der Waals surface area (Å²) in [5, 5.41) is 9.59. The quantitative estimate of drug-likeness (QED) is 0.283. The van der Waals surface area contributed by atoms with Crippen molar-refractivity contribution in [1.29, 1.82) is 0 Å². The van der Waals surface area contributed by atoms with Crippen molar-refractivity contribution >= 4 is 16.9 Å². The summed E-state index contributed by atoms with van der Waals surface area (Å²) in [7, 11) is 0. The van der Waals surface area contributed by atoms with Gasteiger partial charge in [-0.1, -0.05) is 54.6 Å². The number of rotatable bonds is 7. The van der Waals surface area contributed by atoms with Crippen molar-refractivity contribution in [2.45, 2.75) is 81.8 Å². The Balaban J connectivity index is 1.03. The number of phenols is 1. The molecule has 4 heterocycles. The average Bonchev–Trinajstić information content (AvgIpc) is 3.48. The van der Waals surface area contributed by atoms with Crippen LogP contribution in [-0.2, 0) is 16.6 Å². The number of aromatic nitrogens is 2. The molecule has 7 rings (SSSR count). The van der Waals surface area contributed by atoms with Gasteiger partial charge < -0.3 is 14.6 Å². The Labute approximate surface area is 249 Å². The number of para-hydroxylation sites is 2. The molecule has 2 bridgehead atoms. The van der Waals surface area contributed by atoms with E-state index in [2.05, 4.69) is 75.9 Å². The predicted molar refractivity (Wildman–Crippen MR) is 167 cm³/mol. The molecule has 3 aliphatic rings. The van der Waals surface area contributed by atoms with Gasteiger partial charge in [0.1, 0.15) is 11.6 Å². The van der Waals surface area contributed by atoms with Crippen molar-refractivity contribution in [3.05, 3.63) is 95.8 Å². The van der Waals surface area contributed by atoms with Gasteiger partial charge in [0, 0.05) is 31.2 Å². The van der Waals surface area contributed by atoms with Gasteiger partial charge in [-0.3, -0.25) is 9.69 Å². The summed E-state index contributed by atoms with van der Waals surface area (Å²) in [6.45, 7) is 4.89. The SMILES string of the molecule is Cc1nc2ccccc2n1C1CC2CCC(C1)N2CCC1(c2ccccc2)CCN(C(=O)Cc2ccc(O)cc2)CC1. The highest BCUT2D eigenvalue weighted by Gasteiger charge is 2.44. The predicted octanol–water partition coefficient (Wildman–Crippen LogP) is 6.41. The van der Waals surface area contributed by atoms with Gasteiger partial charge in [-0.2, -0.15) is 0 Å². The molecule has 1 amide bonds. The number of carbonyl (C=O) groups is 1. The van der Waals surface area contributed by atoms with Crippen LogP contribution in [0.5, 0.6) is 5.75 Å². The number of nitrogens with zero attached hydrogens (tertiary/aromatic N) is 4. The highest BCUT2D eigenvalue weighted by Crippen LogP contribution is 2.45. The Hall–Kier alpha value is -3.64. The van der Waals surface area contributed by atoms with Crippen molar-refractivity contribution in [1.82, 2.24) is 19.4 Å². The molecule has 6 nitrogen and oxygen atoms in total. The highest BCUT2D eigenvalue weighted by atomic mass is 16.3. The number of benzene rings is 3. The van der Waals surface area contributed by atoms with Crippen LogP contribution < -0.4 is 0 Å². The Kier molecular flexibility index (Phi) is 7.27. The lowest BCUT2D eigenvalue weighted by Gasteiger charge is -2.45. The second kappa shape index (κ2) is 11.2. The maximum Gasteiger partial charge on any atom is 0.226 e. The number of likely N-dealkylation sites (tertiary alicyclic amines) is 1. The number of phenolic OH excluding ortho intramolecular Hbond substituents is 1. The Bertz CT molecular complexity index is 1520. The van der Waals surface area contributed by atoms with Gasteiger partial charge in [-0.05, 0) is 99.2 Å². The molecule has 3 saturated heterocycles. The molecule has 3 aromatic carbocycles. The van der Waals surface area contributed by atoms with Gasteiger partial charge in [0.15, 0.2) is 0 Å². The number of aromatic hydroxyl groups is 1. The number of hydrogen-bond acceptors (Lipinski definition) is 4. The van der Waals surface area contributed by atoms with Crippen LogP contribution in [0, 0.1) is 6.92 Å². The first-order valence-electron chi connectivity index (χ1n) is 15.8. The number of amides is 1. The first-order valence-corrected chi connectivity index (χ1v) is 15.8. The van der Waals surface area contributed by atoms with E-state index in [0.717, 1.165) is 55.8 Å². The minimum atomic E-state index is 0.101. The largest absolute Gasteiger partial charge is 0.508 e. The molecule has 218 valence electrons. The summed E-state index contributed by atoms with van der Waals surface area (Å²) in [5.74, 6) is 1.56. The van der Waals surface area contributed by atoms with Gasteiger partial charge in [0.2, 0.25) is 5.91 Å². The van der Waals surface area contributed by atoms with Crippen LogP contribution in [0.3, 0.4) is 0 Å². The number of piperidine rings is 2. The van der Waals surface area contributed by atoms with E-state index < -0.39 is 0 Å². The summed E-state index contributed by atoms with van der Waals surface area (Å²) in [5.41, 5.74) is 4.88. The molecule has 42 heavy (non-hydrogen) atoms. The van der Waals surface area contributed by atoms with Crippen LogP contribution in [0.2, 0.25) is 0 Å². The second-order valence-electron chi connectivity index (χ2n) is 12.9. The van der Waals surface area contributed by atoms with E-state index in [-0.39, 0.29) is 17.1 Å². The van der Waals surface area contributed by atoms with Crippen LogP contribution in [0.4, 0.5) is 0 Å². The molecule has 6 heteroatoms. The fourth-order valence-electron chi connectivity index (χ4n) is 8.35. The third kappa shape index (κ3) is 5.11. The Morgan fingerprint density at radius 2 is 1.55 bits per heavy atom. The molecular formula is C36H42N4O2. The minimum Gasteiger partial charge on any atom is -0.508 e. The molecule has 1 aromatic heterocycles. The number of imidazole rings is 1. The fourth-order valence-corrected chi connectivity index (χ4v) is 8.35. The van der Waals surface area contributed by atoms with Crippen molar-refractivity contribution in [2.24, 2.45) is 0 Å². The van der Waals surface area contributed by atoms with Gasteiger partial charge in [0.05, 0.1) is 17.5 Å². The standard InChI is InChI=1S/C36H42N4O2/c1-26-37-33-9-5-6-10-34(33)40(26)31-24-29-13-14-30(25-31)39(29)22-19-36(28-7-3-2-4-8-28)17-20-38(21-18-36)35(42)23-27-11-15-32(41)16-12-27/h2-12,15-16,29-31,41H,13-14,17-25H2,1H3. The van der Waals surface area contributed by atoms with Crippen LogP contribution in [0.1, 0.15) is 67.9 Å². The van der Waals surface area contributed by atoms with Crippen molar-refractivity contribution in [3.8, 4) is 5.75 Å². The zero-order valence-electron chi connectivity index (χ0n) is 24.7. The van der Waals surface area contributed by atoms with Gasteiger partial charge in [-0.15, -0.1) is 0 Å². The lowest BCUT2D eigenvalue weighted by Crippen LogP contribution is -2.49. The third-order valence-corrected chi connectivity index (χ3v) is 10.6. The molecule has 2 unspecified atom stereocenters. The van der Waals surface area contributed by atoms with Gasteiger partial charge >= 0.3 is 0 Å². The van der Waals surface area contributed by atoms with Crippen LogP contribution in [-0.4, -0.2) is 62.1 Å². The summed E-state index contributed by atoms with van der Waals surface area (Å²) >= 11 is 0. The van der Waals surface area contributed by atoms with Gasteiger partial charge in [0.25, 0.3) is 0 Å². The molecule has 0 spiro atoms. The second-order valence-corrected chi connectivity index (χ2v) is 12.9. The molecule has 0 saturated carbocycles. The van der Waals surface area contributed by atoms with Crippen LogP contribution in [0.25, 0.3) is 11.0 Å². The average molecular weight is 563 g/mol. The molecule has 0 radical (unpaired) electrons. The van der Waals surface area contributed by atoms with Crippen molar-refractivity contribution in [3.63, 3.8) is 0 Å². The van der Waals surface area contributed by atoms with E-state index in [4.69, 9.17) is 4.98 Å². The van der Waals surface area contributed by atoms with E-state index in [0.29, 0.717) is 24.5 Å². The van der Waals surface area contributed by atoms with Crippen LogP contribution >= 0.6 is 0 Å². The first kappa shape index (κ1) is 27.2. The Morgan fingerprint density at radius 3 is 2.26 bits per heavy atom. The minimum absolute atomic E-state index is 0.101. The number of fused-ring (bicyclic) bond motifs is 3. The third-order valence-electron chi connectivity index (χ3n) is 10.6. The summed E-state index contributed by atoms with van der Waals surface area (Å²) < 4.78 is 2.52. The van der Waals surface area contributed by atoms with Gasteiger partial charge in [-0.25, -0.2) is 4.98 Å². The highest BCUT2D eigenvalue weighted by molar-refractivity contribution is 5.79. The number of carbonyl (C=O) groups excluding carboxylic acids is 1. The van der Waals surface area contributed by atoms with E-state index in [1.54, 1.807) is 12.1 Å². The smallest absolute Gasteiger partial charge is 0.226 e. The molecule has 0 aliphatic carbocycles. The lowest BCUT2D eigenvalue weighted by molar-refractivity contribution is -0.132. The zero-order valence-corrected chi connectivity index (χ0v) is 24.7. The molecule has 2 atom stereocenters. The van der Waals surface area contributed by atoms with Crippen molar-refractivity contribution < 1.29 is 9.90 Å². The van der Waals surface area contributed by atoms with Crippen LogP contribution in [0.15, 0.2) is 78.9 Å². The normalized spacial score (nSPS) is 23.8. The summed E-state index contributed by atoms with van der Waals surface area (Å²) in [4.78, 5) is 23.0. The maximum absolute atomic E-state index is 13.2. The number of hydrogen-bond donors (Lipinski definition) is 1. The fraction of sp³-hybridized carbons (Fsp3) is 0.444. The zero-order chi connectivity index (χ0) is 28.7. The molecule has 4 aromatic rings. The lowest BCUT2D eigenvalue weighted by atomic mass is 9.70. The Morgan fingerprint density at radius 1 is 0.881 bits per heavy atom.